The van der Waals surface area contributed by atoms with Crippen molar-refractivity contribution in [2.75, 3.05) is 6.61 Å². The average Bonchev–Trinajstić information content (AvgIpc) is 2.41. The molecular weight excluding hydrogens is 212 g/mol. The maximum Gasteiger partial charge on any atom is 0.181 e. The van der Waals surface area contributed by atoms with Gasteiger partial charge in [0.05, 0.1) is 10.1 Å². The molecule has 1 aromatic carbocycles. The third kappa shape index (κ3) is 1.58. The Morgan fingerprint density at radius 3 is 2.87 bits per heavy atom. The molecule has 0 fully saturated rings. The summed E-state index contributed by atoms with van der Waals surface area (Å²) in [6.07, 6.45) is 1.11. The molecule has 1 heterocycles. The number of hydrogen-bond donors (Lipinski definition) is 1. The van der Waals surface area contributed by atoms with Gasteiger partial charge in [-0.2, -0.15) is 0 Å². The van der Waals surface area contributed by atoms with E-state index < -0.39 is 9.84 Å². The molecule has 82 valence electrons. The summed E-state index contributed by atoms with van der Waals surface area (Å²) in [6.45, 7) is 1.79. The summed E-state index contributed by atoms with van der Waals surface area (Å²) in [6, 6.07) is 5.30. The van der Waals surface area contributed by atoms with Crippen LogP contribution in [0.5, 0.6) is 0 Å². The van der Waals surface area contributed by atoms with Crippen molar-refractivity contribution in [1.82, 2.24) is 0 Å². The van der Waals surface area contributed by atoms with Crippen LogP contribution in [-0.4, -0.2) is 25.4 Å². The highest BCUT2D eigenvalue weighted by Crippen LogP contribution is 2.33. The molecule has 4 heteroatoms. The Balaban J connectivity index is 2.58. The van der Waals surface area contributed by atoms with Crippen LogP contribution in [0.4, 0.5) is 0 Å². The van der Waals surface area contributed by atoms with E-state index in [0.29, 0.717) is 17.7 Å². The summed E-state index contributed by atoms with van der Waals surface area (Å²) in [5.41, 5.74) is 1.86. The van der Waals surface area contributed by atoms with Crippen molar-refractivity contribution in [3.05, 3.63) is 29.3 Å². The van der Waals surface area contributed by atoms with Crippen LogP contribution in [0.15, 0.2) is 23.1 Å². The van der Waals surface area contributed by atoms with Gasteiger partial charge in [-0.15, -0.1) is 0 Å². The molecule has 0 radical (unpaired) electrons. The molecule has 2 rings (SSSR count). The van der Waals surface area contributed by atoms with Crippen molar-refractivity contribution >= 4 is 9.84 Å². The number of sulfone groups is 1. The largest absolute Gasteiger partial charge is 0.396 e. The predicted molar refractivity (Wildman–Crippen MR) is 57.6 cm³/mol. The maximum atomic E-state index is 11.9. The lowest BCUT2D eigenvalue weighted by Gasteiger charge is -2.04. The molecule has 0 amide bonds. The van der Waals surface area contributed by atoms with E-state index in [2.05, 4.69) is 0 Å². The van der Waals surface area contributed by atoms with Gasteiger partial charge in [0, 0.05) is 6.61 Å². The number of aliphatic hydroxyl groups is 1. The van der Waals surface area contributed by atoms with Crippen molar-refractivity contribution in [3.8, 4) is 0 Å². The van der Waals surface area contributed by atoms with E-state index >= 15 is 0 Å². The second-order valence-corrected chi connectivity index (χ2v) is 6.26. The van der Waals surface area contributed by atoms with Gasteiger partial charge in [0.1, 0.15) is 0 Å². The molecule has 0 bridgehead atoms. The van der Waals surface area contributed by atoms with Crippen molar-refractivity contribution in [1.29, 1.82) is 0 Å². The Morgan fingerprint density at radius 2 is 2.20 bits per heavy atom. The molecule has 3 nitrogen and oxygen atoms in total. The first-order valence-electron chi connectivity index (χ1n) is 5.03. The van der Waals surface area contributed by atoms with Gasteiger partial charge < -0.3 is 5.11 Å². The van der Waals surface area contributed by atoms with Crippen LogP contribution in [0.3, 0.4) is 0 Å². The molecule has 0 saturated heterocycles. The smallest absolute Gasteiger partial charge is 0.181 e. The Labute approximate surface area is 89.7 Å². The van der Waals surface area contributed by atoms with Crippen LogP contribution in [0.1, 0.15) is 18.1 Å². The van der Waals surface area contributed by atoms with Gasteiger partial charge in [0.15, 0.2) is 9.84 Å². The summed E-state index contributed by atoms with van der Waals surface area (Å²) in [7, 11) is -3.11. The van der Waals surface area contributed by atoms with Crippen LogP contribution in [0.25, 0.3) is 0 Å². The lowest BCUT2D eigenvalue weighted by Crippen LogP contribution is -2.11. The predicted octanol–water partition coefficient (Wildman–Crippen LogP) is 0.940. The van der Waals surface area contributed by atoms with E-state index in [1.54, 1.807) is 19.1 Å². The SMILES string of the molecule is CC1Cc2c(CCO)cccc2S1(=O)=O. The highest BCUT2D eigenvalue weighted by molar-refractivity contribution is 7.92. The fourth-order valence-corrected chi connectivity index (χ4v) is 3.72. The monoisotopic (exact) mass is 226 g/mol. The van der Waals surface area contributed by atoms with Crippen LogP contribution in [-0.2, 0) is 22.7 Å². The molecule has 0 aliphatic carbocycles. The Morgan fingerprint density at radius 1 is 1.47 bits per heavy atom. The fourth-order valence-electron chi connectivity index (χ4n) is 2.08. The Kier molecular flexibility index (Phi) is 2.56. The van der Waals surface area contributed by atoms with E-state index in [1.807, 2.05) is 6.07 Å². The summed E-state index contributed by atoms with van der Waals surface area (Å²) in [5.74, 6) is 0. The summed E-state index contributed by atoms with van der Waals surface area (Å²) in [5, 5.41) is 8.57. The number of rotatable bonds is 2. The standard InChI is InChI=1S/C11H14O3S/c1-8-7-10-9(5-6-12)3-2-4-11(10)15(8,13)14/h2-4,8,12H,5-7H2,1H3. The number of fused-ring (bicyclic) bond motifs is 1. The van der Waals surface area contributed by atoms with Gasteiger partial charge in [-0.05, 0) is 37.0 Å². The summed E-state index contributed by atoms with van der Waals surface area (Å²) in [4.78, 5) is 0.459. The first-order valence-corrected chi connectivity index (χ1v) is 6.57. The second-order valence-electron chi connectivity index (χ2n) is 3.93. The van der Waals surface area contributed by atoms with Gasteiger partial charge in [-0.25, -0.2) is 8.42 Å². The van der Waals surface area contributed by atoms with Crippen LogP contribution in [0.2, 0.25) is 0 Å². The highest BCUT2D eigenvalue weighted by Gasteiger charge is 2.34. The van der Waals surface area contributed by atoms with Crippen molar-refractivity contribution in [3.63, 3.8) is 0 Å². The number of aliphatic hydroxyl groups excluding tert-OH is 1. The van der Waals surface area contributed by atoms with Gasteiger partial charge in [-0.3, -0.25) is 0 Å². The Hall–Kier alpha value is -0.870. The fraction of sp³-hybridized carbons (Fsp3) is 0.455. The quantitative estimate of drug-likeness (QED) is 0.816. The van der Waals surface area contributed by atoms with Crippen LogP contribution < -0.4 is 0 Å². The zero-order valence-corrected chi connectivity index (χ0v) is 9.42. The molecule has 0 saturated carbocycles. The second kappa shape index (κ2) is 3.61. The van der Waals surface area contributed by atoms with Gasteiger partial charge in [-0.1, -0.05) is 12.1 Å². The zero-order valence-electron chi connectivity index (χ0n) is 8.60. The lowest BCUT2D eigenvalue weighted by atomic mass is 10.0. The van der Waals surface area contributed by atoms with E-state index in [-0.39, 0.29) is 11.9 Å². The van der Waals surface area contributed by atoms with Crippen LogP contribution >= 0.6 is 0 Å². The van der Waals surface area contributed by atoms with Gasteiger partial charge in [0.25, 0.3) is 0 Å². The molecule has 1 unspecified atom stereocenters. The minimum Gasteiger partial charge on any atom is -0.396 e. The molecule has 1 aromatic rings. The third-order valence-corrected chi connectivity index (χ3v) is 5.16. The molecule has 1 N–H and O–H groups in total. The van der Waals surface area contributed by atoms with E-state index in [4.69, 9.17) is 5.11 Å². The molecule has 1 aliphatic rings. The van der Waals surface area contributed by atoms with Crippen molar-refractivity contribution < 1.29 is 13.5 Å². The van der Waals surface area contributed by atoms with Crippen LogP contribution in [0, 0.1) is 0 Å². The Bertz CT molecular complexity index is 477. The van der Waals surface area contributed by atoms with Gasteiger partial charge >= 0.3 is 0 Å². The van der Waals surface area contributed by atoms with Gasteiger partial charge in [0.2, 0.25) is 0 Å². The van der Waals surface area contributed by atoms with Crippen molar-refractivity contribution in [2.24, 2.45) is 0 Å². The molecule has 1 aliphatic heterocycles. The maximum absolute atomic E-state index is 11.9. The zero-order chi connectivity index (χ0) is 11.1. The van der Waals surface area contributed by atoms with Crippen molar-refractivity contribution in [2.45, 2.75) is 29.9 Å². The first-order chi connectivity index (χ1) is 7.07. The molecule has 0 aromatic heterocycles. The normalized spacial score (nSPS) is 22.7. The molecule has 15 heavy (non-hydrogen) atoms. The molecular formula is C11H14O3S. The van der Waals surface area contributed by atoms with E-state index in [1.165, 1.54) is 0 Å². The van der Waals surface area contributed by atoms with E-state index in [9.17, 15) is 8.42 Å². The lowest BCUT2D eigenvalue weighted by molar-refractivity contribution is 0.299. The minimum absolute atomic E-state index is 0.0604. The molecule has 0 spiro atoms. The van der Waals surface area contributed by atoms with E-state index in [0.717, 1.165) is 11.1 Å². The highest BCUT2D eigenvalue weighted by atomic mass is 32.2. The number of hydrogen-bond acceptors (Lipinski definition) is 3. The first kappa shape index (κ1) is 10.6. The summed E-state index contributed by atoms with van der Waals surface area (Å²) >= 11 is 0. The summed E-state index contributed by atoms with van der Waals surface area (Å²) < 4.78 is 23.8. The minimum atomic E-state index is -3.11. The number of benzene rings is 1. The third-order valence-electron chi connectivity index (χ3n) is 2.94. The molecule has 1 atom stereocenters. The topological polar surface area (TPSA) is 54.4 Å². The average molecular weight is 226 g/mol.